The van der Waals surface area contributed by atoms with Crippen molar-refractivity contribution in [3.8, 4) is 0 Å². The highest BCUT2D eigenvalue weighted by Gasteiger charge is 2.14. The van der Waals surface area contributed by atoms with Gasteiger partial charge in [-0.3, -0.25) is 19.3 Å². The van der Waals surface area contributed by atoms with Gasteiger partial charge in [0.25, 0.3) is 16.1 Å². The second-order valence-corrected chi connectivity index (χ2v) is 6.38. The number of carbonyl (C=O) groups is 1. The van der Waals surface area contributed by atoms with Crippen LogP contribution in [0.15, 0.2) is 42.7 Å². The summed E-state index contributed by atoms with van der Waals surface area (Å²) in [6, 6.07) is 8.30. The van der Waals surface area contributed by atoms with E-state index in [4.69, 9.17) is 4.84 Å². The van der Waals surface area contributed by atoms with Crippen molar-refractivity contribution in [1.29, 1.82) is 0 Å². The summed E-state index contributed by atoms with van der Waals surface area (Å²) < 4.78 is 28.0. The number of benzene rings is 1. The van der Waals surface area contributed by atoms with Crippen molar-refractivity contribution in [3.63, 3.8) is 0 Å². The first-order chi connectivity index (χ1) is 12.0. The Morgan fingerprint density at radius 3 is 2.56 bits per heavy atom. The minimum atomic E-state index is -3.68. The van der Waals surface area contributed by atoms with Gasteiger partial charge in [0.1, 0.15) is 0 Å². The van der Waals surface area contributed by atoms with Crippen LogP contribution in [0.1, 0.15) is 17.3 Å². The molecule has 2 aromatic rings. The Morgan fingerprint density at radius 1 is 1.16 bits per heavy atom. The number of anilines is 3. The maximum absolute atomic E-state index is 12.1. The van der Waals surface area contributed by atoms with Crippen LogP contribution in [0.2, 0.25) is 0 Å². The molecule has 2 rings (SSSR count). The van der Waals surface area contributed by atoms with Gasteiger partial charge in [0.05, 0.1) is 29.2 Å². The fraction of sp³-hybridized carbons (Fsp3) is 0.200. The highest BCUT2D eigenvalue weighted by Crippen LogP contribution is 2.27. The van der Waals surface area contributed by atoms with Crippen molar-refractivity contribution < 1.29 is 18.0 Å². The molecular formula is C15H19N5O4S. The molecule has 1 aromatic heterocycles. The molecule has 1 amide bonds. The lowest BCUT2D eigenvalue weighted by molar-refractivity contribution is 0.0365. The number of hydrogen-bond acceptors (Lipinski definition) is 6. The van der Waals surface area contributed by atoms with E-state index in [2.05, 4.69) is 25.2 Å². The van der Waals surface area contributed by atoms with Crippen LogP contribution < -0.4 is 20.2 Å². The smallest absolute Gasteiger partial charge is 0.298 e. The molecule has 0 bridgehead atoms. The van der Waals surface area contributed by atoms with Gasteiger partial charge in [-0.05, 0) is 25.1 Å². The van der Waals surface area contributed by atoms with E-state index < -0.39 is 16.1 Å². The lowest BCUT2D eigenvalue weighted by atomic mass is 10.2. The zero-order valence-corrected chi connectivity index (χ0v) is 14.6. The summed E-state index contributed by atoms with van der Waals surface area (Å²) in [7, 11) is -2.37. The van der Waals surface area contributed by atoms with E-state index in [9.17, 15) is 13.2 Å². The average molecular weight is 365 g/mol. The number of nitrogens with one attached hydrogen (secondary N) is 4. The van der Waals surface area contributed by atoms with Crippen LogP contribution in [0.25, 0.3) is 0 Å². The van der Waals surface area contributed by atoms with Crippen molar-refractivity contribution in [3.05, 3.63) is 48.3 Å². The van der Waals surface area contributed by atoms with Crippen molar-refractivity contribution >= 4 is 33.2 Å². The predicted octanol–water partition coefficient (Wildman–Crippen LogP) is 1.38. The molecule has 9 nitrogen and oxygen atoms in total. The summed E-state index contributed by atoms with van der Waals surface area (Å²) >= 11 is 0. The van der Waals surface area contributed by atoms with E-state index >= 15 is 0 Å². The topological polar surface area (TPSA) is 121 Å². The molecule has 0 radical (unpaired) electrons. The largest absolute Gasteiger partial charge is 0.353 e. The second kappa shape index (κ2) is 8.42. The predicted molar refractivity (Wildman–Crippen MR) is 94.7 cm³/mol. The van der Waals surface area contributed by atoms with Gasteiger partial charge in [-0.1, -0.05) is 12.1 Å². The van der Waals surface area contributed by atoms with Gasteiger partial charge in [0.15, 0.2) is 0 Å². The number of carbonyl (C=O) groups excluding carboxylic acids is 1. The van der Waals surface area contributed by atoms with Crippen LogP contribution in [-0.2, 0) is 15.0 Å². The minimum Gasteiger partial charge on any atom is -0.353 e. The maximum atomic E-state index is 12.1. The van der Waals surface area contributed by atoms with Crippen molar-refractivity contribution in [2.75, 3.05) is 23.7 Å². The number of hydroxylamine groups is 1. The number of pyridine rings is 1. The number of amides is 1. The molecule has 0 fully saturated rings. The minimum absolute atomic E-state index is 0.252. The van der Waals surface area contributed by atoms with Crippen LogP contribution >= 0.6 is 0 Å². The molecule has 25 heavy (non-hydrogen) atoms. The maximum Gasteiger partial charge on any atom is 0.298 e. The number of para-hydroxylation sites is 2. The Hall–Kier alpha value is -2.69. The lowest BCUT2D eigenvalue weighted by Gasteiger charge is -2.15. The molecule has 0 saturated carbocycles. The second-order valence-electron chi connectivity index (χ2n) is 4.77. The third-order valence-electron chi connectivity index (χ3n) is 3.08. The van der Waals surface area contributed by atoms with Gasteiger partial charge in [-0.15, -0.1) is 0 Å². The number of rotatable bonds is 8. The number of aromatic nitrogens is 1. The van der Waals surface area contributed by atoms with Gasteiger partial charge >= 0.3 is 0 Å². The average Bonchev–Trinajstić information content (AvgIpc) is 2.61. The summed E-state index contributed by atoms with van der Waals surface area (Å²) in [6.07, 6.45) is 2.90. The van der Waals surface area contributed by atoms with Gasteiger partial charge in [0, 0.05) is 19.4 Å². The Kier molecular flexibility index (Phi) is 6.28. The Labute approximate surface area is 145 Å². The third kappa shape index (κ3) is 5.14. The first-order valence-corrected chi connectivity index (χ1v) is 8.88. The van der Waals surface area contributed by atoms with E-state index in [-0.39, 0.29) is 5.56 Å². The van der Waals surface area contributed by atoms with Crippen LogP contribution in [0, 0.1) is 0 Å². The van der Waals surface area contributed by atoms with Gasteiger partial charge in [0.2, 0.25) is 0 Å². The fourth-order valence-corrected chi connectivity index (χ4v) is 2.47. The molecule has 0 unspecified atom stereocenters. The van der Waals surface area contributed by atoms with E-state index in [1.807, 2.05) is 0 Å². The zero-order chi connectivity index (χ0) is 18.3. The molecule has 0 aliphatic rings. The highest BCUT2D eigenvalue weighted by atomic mass is 32.2. The Balaban J connectivity index is 2.31. The summed E-state index contributed by atoms with van der Waals surface area (Å²) in [6.45, 7) is 2.07. The van der Waals surface area contributed by atoms with Crippen molar-refractivity contribution in [1.82, 2.24) is 15.2 Å². The summed E-state index contributed by atoms with van der Waals surface area (Å²) in [5.41, 5.74) is 3.79. The quantitative estimate of drug-likeness (QED) is 0.525. The van der Waals surface area contributed by atoms with E-state index in [1.165, 1.54) is 19.4 Å². The van der Waals surface area contributed by atoms with Crippen LogP contribution in [0.3, 0.4) is 0 Å². The first-order valence-electron chi connectivity index (χ1n) is 7.40. The summed E-state index contributed by atoms with van der Waals surface area (Å²) in [5.74, 6) is -0.467. The molecule has 4 N–H and O–H groups in total. The molecule has 0 aliphatic heterocycles. The molecule has 0 atom stereocenters. The van der Waals surface area contributed by atoms with Crippen LogP contribution in [0.4, 0.5) is 17.1 Å². The number of hydrogen-bond donors (Lipinski definition) is 4. The van der Waals surface area contributed by atoms with Gasteiger partial charge < -0.3 is 5.32 Å². The zero-order valence-electron chi connectivity index (χ0n) is 13.7. The van der Waals surface area contributed by atoms with Gasteiger partial charge in [-0.2, -0.15) is 8.42 Å². The van der Waals surface area contributed by atoms with Gasteiger partial charge in [-0.25, -0.2) is 10.2 Å². The Morgan fingerprint density at radius 2 is 1.88 bits per heavy atom. The molecular weight excluding hydrogens is 346 g/mol. The summed E-state index contributed by atoms with van der Waals surface area (Å²) in [4.78, 5) is 21.0. The van der Waals surface area contributed by atoms with E-state index in [0.29, 0.717) is 23.7 Å². The molecule has 1 heterocycles. The highest BCUT2D eigenvalue weighted by molar-refractivity contribution is 7.90. The first kappa shape index (κ1) is 18.6. The monoisotopic (exact) mass is 365 g/mol. The summed E-state index contributed by atoms with van der Waals surface area (Å²) in [5, 5.41) is 3.03. The van der Waals surface area contributed by atoms with Crippen molar-refractivity contribution in [2.45, 2.75) is 6.92 Å². The van der Waals surface area contributed by atoms with Crippen LogP contribution in [-0.4, -0.2) is 33.0 Å². The molecule has 0 saturated heterocycles. The normalized spacial score (nSPS) is 11.0. The lowest BCUT2D eigenvalue weighted by Crippen LogP contribution is -2.27. The van der Waals surface area contributed by atoms with Crippen LogP contribution in [0.5, 0.6) is 0 Å². The molecule has 134 valence electrons. The van der Waals surface area contributed by atoms with E-state index in [1.54, 1.807) is 37.3 Å². The van der Waals surface area contributed by atoms with Crippen molar-refractivity contribution in [2.24, 2.45) is 0 Å². The number of nitrogens with zero attached hydrogens (tertiary/aromatic N) is 1. The molecule has 10 heteroatoms. The molecule has 0 spiro atoms. The SMILES string of the molecule is CCONC(=O)c1cnccc1Nc1ccccc1NS(=O)(=O)NC. The third-order valence-corrected chi connectivity index (χ3v) is 4.11. The Bertz CT molecular complexity index is 841. The van der Waals surface area contributed by atoms with E-state index in [0.717, 1.165) is 0 Å². The fourth-order valence-electron chi connectivity index (χ4n) is 1.90. The molecule has 1 aromatic carbocycles. The molecule has 0 aliphatic carbocycles. The standard InChI is InChI=1S/C15H19N5O4S/c1-3-24-19-15(21)11-10-17-9-8-12(11)18-13-6-4-5-7-14(13)20-25(22,23)16-2/h4-10,16,20H,3H2,1-2H3,(H,17,18)(H,19,21).